The molecular weight excluding hydrogens is 283 g/mol. The van der Waals surface area contributed by atoms with Crippen molar-refractivity contribution in [3.63, 3.8) is 0 Å². The van der Waals surface area contributed by atoms with E-state index in [0.717, 1.165) is 24.0 Å². The van der Waals surface area contributed by atoms with Crippen molar-refractivity contribution < 1.29 is 14.4 Å². The highest BCUT2D eigenvalue weighted by molar-refractivity contribution is 7.52. The Balaban J connectivity index is 2.31. The van der Waals surface area contributed by atoms with E-state index >= 15 is 0 Å². The van der Waals surface area contributed by atoms with Gasteiger partial charge in [-0.2, -0.15) is 0 Å². The van der Waals surface area contributed by atoms with Crippen molar-refractivity contribution in [2.24, 2.45) is 0 Å². The van der Waals surface area contributed by atoms with Crippen molar-refractivity contribution in [1.29, 1.82) is 0 Å². The van der Waals surface area contributed by atoms with Crippen LogP contribution in [-0.4, -0.2) is 25.5 Å². The molecule has 0 spiro atoms. The second kappa shape index (κ2) is 5.52. The smallest absolute Gasteiger partial charge is 0.324 e. The van der Waals surface area contributed by atoms with Gasteiger partial charge in [-0.3, -0.25) is 18.9 Å². The number of nitrogens with one attached hydrogen (secondary N) is 1. The number of H-pyrrole nitrogens is 1. The Morgan fingerprint density at radius 1 is 1.30 bits per heavy atom. The maximum atomic E-state index is 11.7. The highest BCUT2D eigenvalue weighted by Crippen LogP contribution is 2.41. The molecule has 0 unspecified atom stereocenters. The molecule has 110 valence electrons. The van der Waals surface area contributed by atoms with E-state index in [0.29, 0.717) is 12.0 Å². The van der Waals surface area contributed by atoms with Crippen molar-refractivity contribution in [3.05, 3.63) is 43.7 Å². The average molecular weight is 300 g/mol. The predicted molar refractivity (Wildman–Crippen MR) is 73.8 cm³/mol. The Bertz CT molecular complexity index is 709. The maximum absolute atomic E-state index is 11.7. The quantitative estimate of drug-likeness (QED) is 0.554. The minimum Gasteiger partial charge on any atom is -0.324 e. The van der Waals surface area contributed by atoms with Gasteiger partial charge in [-0.25, -0.2) is 4.79 Å². The van der Waals surface area contributed by atoms with Crippen LogP contribution in [0.5, 0.6) is 0 Å². The first-order valence-electron chi connectivity index (χ1n) is 6.31. The molecular formula is C12H17N2O5P. The molecule has 1 aliphatic carbocycles. The highest BCUT2D eigenvalue weighted by atomic mass is 31.2. The summed E-state index contributed by atoms with van der Waals surface area (Å²) in [5, 5.41) is 0. The standard InChI is InChI=1S/C12H17N2O5P/c1-8-5-14(12(16)13-11(8)15)6-9-3-2-4-10(9)7-20(17,18)19/h5H,2-4,6-7H2,1H3,(H,13,15,16)(H2,17,18,19). The second-order valence-electron chi connectivity index (χ2n) is 5.08. The summed E-state index contributed by atoms with van der Waals surface area (Å²) in [4.78, 5) is 43.3. The van der Waals surface area contributed by atoms with E-state index in [1.54, 1.807) is 6.92 Å². The van der Waals surface area contributed by atoms with Crippen LogP contribution in [-0.2, 0) is 11.1 Å². The Hall–Kier alpha value is -1.43. The summed E-state index contributed by atoms with van der Waals surface area (Å²) in [6.45, 7) is 1.88. The van der Waals surface area contributed by atoms with Gasteiger partial charge in [0, 0.05) is 18.3 Å². The third-order valence-corrected chi connectivity index (χ3v) is 4.20. The van der Waals surface area contributed by atoms with Crippen LogP contribution < -0.4 is 11.2 Å². The molecule has 0 fully saturated rings. The lowest BCUT2D eigenvalue weighted by Gasteiger charge is -2.11. The number of aromatic nitrogens is 2. The molecule has 0 atom stereocenters. The van der Waals surface area contributed by atoms with Crippen molar-refractivity contribution in [1.82, 2.24) is 9.55 Å². The maximum Gasteiger partial charge on any atom is 0.329 e. The number of rotatable bonds is 4. The van der Waals surface area contributed by atoms with Gasteiger partial charge in [0.1, 0.15) is 0 Å². The van der Waals surface area contributed by atoms with Gasteiger partial charge in [-0.1, -0.05) is 11.1 Å². The molecule has 0 amide bonds. The minimum atomic E-state index is -4.09. The lowest BCUT2D eigenvalue weighted by Crippen LogP contribution is -2.31. The summed E-state index contributed by atoms with van der Waals surface area (Å²) in [6.07, 6.45) is 3.43. The SMILES string of the molecule is Cc1cn(CC2=C(CP(=O)(O)O)CCC2)c(=O)[nH]c1=O. The van der Waals surface area contributed by atoms with Gasteiger partial charge >= 0.3 is 13.3 Å². The van der Waals surface area contributed by atoms with Crippen molar-refractivity contribution in [2.45, 2.75) is 32.7 Å². The number of hydrogen-bond acceptors (Lipinski definition) is 3. The normalized spacial score (nSPS) is 15.9. The molecule has 0 saturated carbocycles. The van der Waals surface area contributed by atoms with Gasteiger partial charge < -0.3 is 9.79 Å². The third kappa shape index (κ3) is 3.56. The molecule has 2 rings (SSSR count). The van der Waals surface area contributed by atoms with Crippen molar-refractivity contribution in [2.75, 3.05) is 6.16 Å². The number of aromatic amines is 1. The molecule has 0 bridgehead atoms. The number of nitrogens with zero attached hydrogens (tertiary/aromatic N) is 1. The minimum absolute atomic E-state index is 0.251. The Kier molecular flexibility index (Phi) is 4.13. The third-order valence-electron chi connectivity index (χ3n) is 3.40. The van der Waals surface area contributed by atoms with Crippen LogP contribution in [0.3, 0.4) is 0 Å². The van der Waals surface area contributed by atoms with E-state index < -0.39 is 18.8 Å². The number of allylic oxidation sites excluding steroid dienone is 2. The zero-order chi connectivity index (χ0) is 14.9. The summed E-state index contributed by atoms with van der Waals surface area (Å²) < 4.78 is 12.5. The summed E-state index contributed by atoms with van der Waals surface area (Å²) >= 11 is 0. The van der Waals surface area contributed by atoms with Gasteiger partial charge in [0.05, 0.1) is 6.16 Å². The fourth-order valence-corrected chi connectivity index (χ4v) is 3.32. The van der Waals surface area contributed by atoms with Crippen LogP contribution >= 0.6 is 7.60 Å². The van der Waals surface area contributed by atoms with Crippen LogP contribution in [0.1, 0.15) is 24.8 Å². The van der Waals surface area contributed by atoms with Gasteiger partial charge in [-0.05, 0) is 26.2 Å². The lowest BCUT2D eigenvalue weighted by atomic mass is 10.2. The van der Waals surface area contributed by atoms with E-state index in [-0.39, 0.29) is 12.7 Å². The van der Waals surface area contributed by atoms with E-state index in [1.807, 2.05) is 0 Å². The van der Waals surface area contributed by atoms with E-state index in [1.165, 1.54) is 10.8 Å². The molecule has 1 aromatic rings. The fourth-order valence-electron chi connectivity index (χ4n) is 2.44. The van der Waals surface area contributed by atoms with Crippen LogP contribution in [0, 0.1) is 6.92 Å². The largest absolute Gasteiger partial charge is 0.329 e. The van der Waals surface area contributed by atoms with E-state index in [9.17, 15) is 14.2 Å². The topological polar surface area (TPSA) is 112 Å². The zero-order valence-corrected chi connectivity index (χ0v) is 12.0. The van der Waals surface area contributed by atoms with Crippen LogP contribution in [0.25, 0.3) is 0 Å². The molecule has 3 N–H and O–H groups in total. The molecule has 0 aliphatic heterocycles. The van der Waals surface area contributed by atoms with Crippen LogP contribution in [0.15, 0.2) is 26.9 Å². The van der Waals surface area contributed by atoms with Crippen molar-refractivity contribution in [3.8, 4) is 0 Å². The zero-order valence-electron chi connectivity index (χ0n) is 11.1. The summed E-state index contributed by atoms with van der Waals surface area (Å²) in [5.74, 6) is 0. The van der Waals surface area contributed by atoms with E-state index in [4.69, 9.17) is 9.79 Å². The highest BCUT2D eigenvalue weighted by Gasteiger charge is 2.22. The molecule has 8 heteroatoms. The first-order valence-corrected chi connectivity index (χ1v) is 8.11. The number of aryl methyl sites for hydroxylation is 1. The Labute approximate surface area is 115 Å². The molecule has 0 aromatic carbocycles. The molecule has 0 saturated heterocycles. The monoisotopic (exact) mass is 300 g/mol. The van der Waals surface area contributed by atoms with Crippen LogP contribution in [0.2, 0.25) is 0 Å². The fraction of sp³-hybridized carbons (Fsp3) is 0.500. The first kappa shape index (κ1) is 15.0. The van der Waals surface area contributed by atoms with Gasteiger partial charge in [0.15, 0.2) is 0 Å². The van der Waals surface area contributed by atoms with Crippen LogP contribution in [0.4, 0.5) is 0 Å². The molecule has 1 aliphatic rings. The van der Waals surface area contributed by atoms with Gasteiger partial charge in [0.25, 0.3) is 5.56 Å². The average Bonchev–Trinajstić information content (AvgIpc) is 2.71. The summed E-state index contributed by atoms with van der Waals surface area (Å²) in [6, 6.07) is 0. The van der Waals surface area contributed by atoms with Crippen molar-refractivity contribution >= 4 is 7.60 Å². The Morgan fingerprint density at radius 2 is 1.95 bits per heavy atom. The second-order valence-corrected chi connectivity index (χ2v) is 6.73. The molecule has 20 heavy (non-hydrogen) atoms. The van der Waals surface area contributed by atoms with E-state index in [2.05, 4.69) is 4.98 Å². The molecule has 1 heterocycles. The Morgan fingerprint density at radius 3 is 2.60 bits per heavy atom. The van der Waals surface area contributed by atoms with Gasteiger partial charge in [0.2, 0.25) is 0 Å². The van der Waals surface area contributed by atoms with Gasteiger partial charge in [-0.15, -0.1) is 0 Å². The molecule has 0 radical (unpaired) electrons. The lowest BCUT2D eigenvalue weighted by molar-refractivity contribution is 0.375. The first-order chi connectivity index (χ1) is 9.26. The summed E-state index contributed by atoms with van der Waals surface area (Å²) in [5.41, 5.74) is 1.12. The number of hydrogen-bond donors (Lipinski definition) is 3. The predicted octanol–water partition coefficient (Wildman–Crippen LogP) is 0.503. The molecule has 7 nitrogen and oxygen atoms in total. The summed E-state index contributed by atoms with van der Waals surface area (Å²) in [7, 11) is -4.09. The molecule has 1 aromatic heterocycles.